The number of urea groups is 1. The summed E-state index contributed by atoms with van der Waals surface area (Å²) in [7, 11) is 0. The number of aliphatic hydroxyl groups excluding tert-OH is 1. The lowest BCUT2D eigenvalue weighted by molar-refractivity contribution is -0.121. The largest absolute Gasteiger partial charge is 0.391 e. The van der Waals surface area contributed by atoms with Crippen molar-refractivity contribution in [3.8, 4) is 0 Å². The van der Waals surface area contributed by atoms with Crippen molar-refractivity contribution < 1.29 is 14.7 Å². The molecule has 3 rings (SSSR count). The molecule has 0 unspecified atom stereocenters. The lowest BCUT2D eigenvalue weighted by Gasteiger charge is -2.32. The van der Waals surface area contributed by atoms with Crippen LogP contribution in [0.2, 0.25) is 0 Å². The van der Waals surface area contributed by atoms with Crippen LogP contribution in [0, 0.1) is 0 Å². The van der Waals surface area contributed by atoms with E-state index in [1.165, 1.54) is 0 Å². The first-order valence-electron chi connectivity index (χ1n) is 7.81. The molecule has 3 amide bonds. The molecule has 0 radical (unpaired) electrons. The number of nitrogens with two attached hydrogens (primary N) is 1. The van der Waals surface area contributed by atoms with Gasteiger partial charge in [0.2, 0.25) is 5.91 Å². The molecule has 0 bridgehead atoms. The van der Waals surface area contributed by atoms with E-state index >= 15 is 0 Å². The predicted molar refractivity (Wildman–Crippen MR) is 85.2 cm³/mol. The summed E-state index contributed by atoms with van der Waals surface area (Å²) in [4.78, 5) is 31.4. The molecule has 0 aliphatic carbocycles. The fourth-order valence-corrected chi connectivity index (χ4v) is 3.11. The average molecular weight is 319 g/mol. The molecule has 8 heteroatoms. The van der Waals surface area contributed by atoms with Crippen molar-refractivity contribution >= 4 is 23.4 Å². The molecular weight excluding hydrogens is 298 g/mol. The van der Waals surface area contributed by atoms with Gasteiger partial charge in [-0.1, -0.05) is 0 Å². The molecule has 8 nitrogen and oxygen atoms in total. The van der Waals surface area contributed by atoms with Gasteiger partial charge in [0.1, 0.15) is 11.9 Å². The number of carbonyl (C=O) groups is 2. The Labute approximate surface area is 134 Å². The summed E-state index contributed by atoms with van der Waals surface area (Å²) in [6.45, 7) is 1.96. The zero-order valence-electron chi connectivity index (χ0n) is 12.8. The van der Waals surface area contributed by atoms with Crippen molar-refractivity contribution in [2.45, 2.75) is 31.4 Å². The van der Waals surface area contributed by atoms with Crippen LogP contribution in [0.3, 0.4) is 0 Å². The number of carbonyl (C=O) groups excluding carboxylic acids is 2. The third-order valence-corrected chi connectivity index (χ3v) is 4.29. The van der Waals surface area contributed by atoms with Gasteiger partial charge in [-0.05, 0) is 31.4 Å². The number of primary amides is 1. The molecule has 23 heavy (non-hydrogen) atoms. The number of rotatable bonds is 3. The van der Waals surface area contributed by atoms with Gasteiger partial charge in [-0.25, -0.2) is 9.78 Å². The van der Waals surface area contributed by atoms with Crippen LogP contribution in [-0.4, -0.2) is 53.8 Å². The molecule has 3 heterocycles. The summed E-state index contributed by atoms with van der Waals surface area (Å²) in [5.74, 6) is 0.628. The van der Waals surface area contributed by atoms with Crippen molar-refractivity contribution in [2.24, 2.45) is 5.73 Å². The first kappa shape index (κ1) is 15.5. The Balaban J connectivity index is 1.71. The Morgan fingerprint density at radius 3 is 2.78 bits per heavy atom. The van der Waals surface area contributed by atoms with Crippen molar-refractivity contribution in [3.05, 3.63) is 18.3 Å². The number of pyridine rings is 1. The number of nitrogens with one attached hydrogen (secondary N) is 1. The molecule has 0 spiro atoms. The van der Waals surface area contributed by atoms with Crippen LogP contribution < -0.4 is 20.9 Å². The van der Waals surface area contributed by atoms with E-state index in [2.05, 4.69) is 10.3 Å². The first-order chi connectivity index (χ1) is 11.0. The summed E-state index contributed by atoms with van der Waals surface area (Å²) < 4.78 is 0. The van der Waals surface area contributed by atoms with Gasteiger partial charge in [-0.2, -0.15) is 0 Å². The summed E-state index contributed by atoms with van der Waals surface area (Å²) in [6.07, 6.45) is 3.48. The summed E-state index contributed by atoms with van der Waals surface area (Å²) in [5.41, 5.74) is 5.81. The number of anilines is 2. The molecule has 1 aromatic heterocycles. The SMILES string of the molecule is NC(=O)N[C@@H]1CCCN(c2ccc(N3CC[C@@H](O)C3)nc2)C1=O. The summed E-state index contributed by atoms with van der Waals surface area (Å²) in [6, 6.07) is 2.43. The Morgan fingerprint density at radius 1 is 1.35 bits per heavy atom. The highest BCUT2D eigenvalue weighted by molar-refractivity contribution is 5.99. The van der Waals surface area contributed by atoms with E-state index in [-0.39, 0.29) is 12.0 Å². The minimum Gasteiger partial charge on any atom is -0.391 e. The second-order valence-corrected chi connectivity index (χ2v) is 5.96. The number of aliphatic hydroxyl groups is 1. The Hall–Kier alpha value is -2.35. The third-order valence-electron chi connectivity index (χ3n) is 4.29. The molecule has 124 valence electrons. The lowest BCUT2D eigenvalue weighted by Crippen LogP contribution is -2.53. The molecular formula is C15H21N5O3. The van der Waals surface area contributed by atoms with Crippen LogP contribution in [0.25, 0.3) is 0 Å². The second-order valence-electron chi connectivity index (χ2n) is 5.96. The minimum atomic E-state index is -0.689. The molecule has 2 aliphatic rings. The van der Waals surface area contributed by atoms with Crippen molar-refractivity contribution in [3.63, 3.8) is 0 Å². The van der Waals surface area contributed by atoms with Crippen molar-refractivity contribution in [2.75, 3.05) is 29.4 Å². The second kappa shape index (κ2) is 6.41. The minimum absolute atomic E-state index is 0.166. The normalized spacial score (nSPS) is 24.8. The van der Waals surface area contributed by atoms with Gasteiger partial charge in [-0.3, -0.25) is 4.79 Å². The van der Waals surface area contributed by atoms with Gasteiger partial charge in [0.15, 0.2) is 0 Å². The van der Waals surface area contributed by atoms with E-state index in [1.54, 1.807) is 11.1 Å². The van der Waals surface area contributed by atoms with E-state index in [0.29, 0.717) is 25.2 Å². The van der Waals surface area contributed by atoms with Crippen LogP contribution >= 0.6 is 0 Å². The van der Waals surface area contributed by atoms with Crippen LogP contribution in [0.15, 0.2) is 18.3 Å². The number of hydrogen-bond donors (Lipinski definition) is 3. The van der Waals surface area contributed by atoms with E-state index < -0.39 is 12.1 Å². The molecule has 2 atom stereocenters. The van der Waals surface area contributed by atoms with Crippen molar-refractivity contribution in [1.82, 2.24) is 10.3 Å². The third kappa shape index (κ3) is 3.37. The van der Waals surface area contributed by atoms with Gasteiger partial charge in [-0.15, -0.1) is 0 Å². The maximum Gasteiger partial charge on any atom is 0.312 e. The number of nitrogens with zero attached hydrogens (tertiary/aromatic N) is 3. The molecule has 0 aromatic carbocycles. The van der Waals surface area contributed by atoms with E-state index in [4.69, 9.17) is 5.73 Å². The smallest absolute Gasteiger partial charge is 0.312 e. The molecule has 4 N–H and O–H groups in total. The lowest BCUT2D eigenvalue weighted by atomic mass is 10.0. The van der Waals surface area contributed by atoms with E-state index in [9.17, 15) is 14.7 Å². The zero-order valence-corrected chi connectivity index (χ0v) is 12.8. The van der Waals surface area contributed by atoms with Crippen LogP contribution in [0.4, 0.5) is 16.3 Å². The quantitative estimate of drug-likeness (QED) is 0.715. The Bertz CT molecular complexity index is 591. The van der Waals surface area contributed by atoms with Crippen LogP contribution in [-0.2, 0) is 4.79 Å². The Morgan fingerprint density at radius 2 is 2.17 bits per heavy atom. The topological polar surface area (TPSA) is 112 Å². The number of piperidine rings is 1. The van der Waals surface area contributed by atoms with Gasteiger partial charge in [0.05, 0.1) is 18.0 Å². The van der Waals surface area contributed by atoms with Gasteiger partial charge in [0.25, 0.3) is 0 Å². The van der Waals surface area contributed by atoms with Crippen LogP contribution in [0.5, 0.6) is 0 Å². The highest BCUT2D eigenvalue weighted by Crippen LogP contribution is 2.24. The van der Waals surface area contributed by atoms with Gasteiger partial charge < -0.3 is 26.0 Å². The summed E-state index contributed by atoms with van der Waals surface area (Å²) >= 11 is 0. The fraction of sp³-hybridized carbons (Fsp3) is 0.533. The molecule has 0 saturated carbocycles. The zero-order chi connectivity index (χ0) is 16.4. The molecule has 2 fully saturated rings. The molecule has 2 saturated heterocycles. The maximum atomic E-state index is 12.4. The van der Waals surface area contributed by atoms with Crippen molar-refractivity contribution in [1.29, 1.82) is 0 Å². The fourth-order valence-electron chi connectivity index (χ4n) is 3.11. The molecule has 2 aliphatic heterocycles. The predicted octanol–water partition coefficient (Wildman–Crippen LogP) is -0.184. The highest BCUT2D eigenvalue weighted by atomic mass is 16.3. The standard InChI is InChI=1S/C15H21N5O3/c16-15(23)18-12-2-1-6-20(14(12)22)10-3-4-13(17-8-10)19-7-5-11(21)9-19/h3-4,8,11-12,21H,1-2,5-7,9H2,(H3,16,18,23)/t11-,12-/m1/s1. The maximum absolute atomic E-state index is 12.4. The van der Waals surface area contributed by atoms with E-state index in [1.807, 2.05) is 17.0 Å². The van der Waals surface area contributed by atoms with Gasteiger partial charge in [0, 0.05) is 19.6 Å². The average Bonchev–Trinajstić information content (AvgIpc) is 2.96. The number of hydrogen-bond acceptors (Lipinski definition) is 5. The summed E-state index contributed by atoms with van der Waals surface area (Å²) in [5, 5.41) is 12.1. The molecule has 1 aromatic rings. The highest BCUT2D eigenvalue weighted by Gasteiger charge is 2.30. The number of aromatic nitrogens is 1. The monoisotopic (exact) mass is 319 g/mol. The van der Waals surface area contributed by atoms with E-state index in [0.717, 1.165) is 25.2 Å². The van der Waals surface area contributed by atoms with Gasteiger partial charge >= 0.3 is 6.03 Å². The van der Waals surface area contributed by atoms with Crippen LogP contribution in [0.1, 0.15) is 19.3 Å². The first-order valence-corrected chi connectivity index (χ1v) is 7.81. The Kier molecular flexibility index (Phi) is 4.33. The number of amides is 3. The number of β-amino-alcohol motifs (C(OH)–C–C–N with tert-alkyl or cyclic N) is 1.